The van der Waals surface area contributed by atoms with Crippen molar-refractivity contribution in [3.63, 3.8) is 0 Å². The molecule has 0 saturated carbocycles. The predicted octanol–water partition coefficient (Wildman–Crippen LogP) is 1.67. The van der Waals surface area contributed by atoms with Gasteiger partial charge in [0.15, 0.2) is 0 Å². The summed E-state index contributed by atoms with van der Waals surface area (Å²) in [7, 11) is 0. The zero-order chi connectivity index (χ0) is 12.5. The summed E-state index contributed by atoms with van der Waals surface area (Å²) in [6.45, 7) is 1.50. The van der Waals surface area contributed by atoms with Crippen LogP contribution in [0.3, 0.4) is 0 Å². The van der Waals surface area contributed by atoms with Crippen molar-refractivity contribution in [3.8, 4) is 0 Å². The molecular weight excluding hydrogens is 230 g/mol. The summed E-state index contributed by atoms with van der Waals surface area (Å²) in [4.78, 5) is 13.2. The summed E-state index contributed by atoms with van der Waals surface area (Å²) in [5.74, 6) is -0.963. The number of aromatic amines is 1. The van der Waals surface area contributed by atoms with Crippen LogP contribution >= 0.6 is 0 Å². The molecule has 5 heteroatoms. The van der Waals surface area contributed by atoms with Crippen molar-refractivity contribution in [2.75, 3.05) is 11.4 Å². The number of carboxylic acids is 1. The third kappa shape index (κ3) is 1.73. The summed E-state index contributed by atoms with van der Waals surface area (Å²) in [5.41, 5.74) is 3.41. The van der Waals surface area contributed by atoms with Crippen LogP contribution in [0.15, 0.2) is 30.5 Å². The second-order valence-corrected chi connectivity index (χ2v) is 4.38. The highest BCUT2D eigenvalue weighted by Crippen LogP contribution is 2.29. The SMILES string of the molecule is O=C(O)c1[nH]ncc1CN1CCc2ccccc21. The Hall–Kier alpha value is -2.30. The van der Waals surface area contributed by atoms with Gasteiger partial charge in [-0.25, -0.2) is 4.79 Å². The maximum absolute atomic E-state index is 11.0. The summed E-state index contributed by atoms with van der Waals surface area (Å²) < 4.78 is 0. The fourth-order valence-corrected chi connectivity index (χ4v) is 2.39. The topological polar surface area (TPSA) is 69.2 Å². The van der Waals surface area contributed by atoms with Crippen LogP contribution < -0.4 is 4.90 Å². The molecule has 0 saturated heterocycles. The van der Waals surface area contributed by atoms with Gasteiger partial charge in [-0.2, -0.15) is 5.10 Å². The molecule has 2 N–H and O–H groups in total. The van der Waals surface area contributed by atoms with Crippen LogP contribution in [0.1, 0.15) is 21.6 Å². The number of nitrogens with one attached hydrogen (secondary N) is 1. The minimum absolute atomic E-state index is 0.180. The summed E-state index contributed by atoms with van der Waals surface area (Å²) >= 11 is 0. The summed E-state index contributed by atoms with van der Waals surface area (Å²) in [5, 5.41) is 15.4. The van der Waals surface area contributed by atoms with Crippen molar-refractivity contribution in [2.45, 2.75) is 13.0 Å². The molecule has 1 aromatic heterocycles. The Labute approximate surface area is 104 Å². The molecule has 5 nitrogen and oxygen atoms in total. The Balaban J connectivity index is 1.86. The van der Waals surface area contributed by atoms with Crippen LogP contribution in [0.5, 0.6) is 0 Å². The first kappa shape index (κ1) is 10.8. The van der Waals surface area contributed by atoms with E-state index in [1.807, 2.05) is 12.1 Å². The Kier molecular flexibility index (Phi) is 2.51. The number of carboxylic acid groups (broad SMARTS) is 1. The molecule has 2 aromatic rings. The quantitative estimate of drug-likeness (QED) is 0.860. The lowest BCUT2D eigenvalue weighted by atomic mass is 10.2. The molecule has 0 amide bonds. The van der Waals surface area contributed by atoms with Crippen LogP contribution in [-0.4, -0.2) is 27.8 Å². The van der Waals surface area contributed by atoms with Gasteiger partial charge >= 0.3 is 5.97 Å². The van der Waals surface area contributed by atoms with E-state index in [-0.39, 0.29) is 5.69 Å². The van der Waals surface area contributed by atoms with Crippen molar-refractivity contribution in [1.29, 1.82) is 0 Å². The standard InChI is InChI=1S/C13H13N3O2/c17-13(18)12-10(7-14-15-12)8-16-6-5-9-3-1-2-4-11(9)16/h1-4,7H,5-6,8H2,(H,14,15)(H,17,18). The lowest BCUT2D eigenvalue weighted by Gasteiger charge is -2.18. The van der Waals surface area contributed by atoms with Gasteiger partial charge in [-0.15, -0.1) is 0 Å². The van der Waals surface area contributed by atoms with Gasteiger partial charge in [-0.3, -0.25) is 5.10 Å². The summed E-state index contributed by atoms with van der Waals surface area (Å²) in [6.07, 6.45) is 2.60. The molecule has 1 aliphatic rings. The molecule has 0 atom stereocenters. The zero-order valence-electron chi connectivity index (χ0n) is 9.76. The molecule has 3 rings (SSSR count). The van der Waals surface area contributed by atoms with Gasteiger partial charge in [0.25, 0.3) is 0 Å². The number of anilines is 1. The van der Waals surface area contributed by atoms with E-state index in [0.717, 1.165) is 18.5 Å². The van der Waals surface area contributed by atoms with Gasteiger partial charge in [0.05, 0.1) is 6.20 Å². The van der Waals surface area contributed by atoms with Gasteiger partial charge in [0.2, 0.25) is 0 Å². The fraction of sp³-hybridized carbons (Fsp3) is 0.231. The maximum atomic E-state index is 11.0. The molecule has 0 aliphatic carbocycles. The molecule has 92 valence electrons. The molecule has 0 fully saturated rings. The Morgan fingerprint density at radius 2 is 2.28 bits per heavy atom. The van der Waals surface area contributed by atoms with E-state index in [1.54, 1.807) is 6.20 Å². The third-order valence-electron chi connectivity index (χ3n) is 3.28. The number of benzene rings is 1. The largest absolute Gasteiger partial charge is 0.477 e. The number of carbonyl (C=O) groups is 1. The minimum atomic E-state index is -0.963. The first-order valence-corrected chi connectivity index (χ1v) is 5.84. The predicted molar refractivity (Wildman–Crippen MR) is 66.7 cm³/mol. The number of fused-ring (bicyclic) bond motifs is 1. The third-order valence-corrected chi connectivity index (χ3v) is 3.28. The van der Waals surface area contributed by atoms with Gasteiger partial charge in [-0.1, -0.05) is 18.2 Å². The van der Waals surface area contributed by atoms with Gasteiger partial charge in [0, 0.05) is 24.3 Å². The van der Waals surface area contributed by atoms with E-state index in [2.05, 4.69) is 27.2 Å². The Morgan fingerprint density at radius 3 is 3.11 bits per heavy atom. The van der Waals surface area contributed by atoms with Crippen molar-refractivity contribution < 1.29 is 9.90 Å². The number of rotatable bonds is 3. The smallest absolute Gasteiger partial charge is 0.354 e. The number of para-hydroxylation sites is 1. The van der Waals surface area contributed by atoms with Crippen LogP contribution in [-0.2, 0) is 13.0 Å². The highest BCUT2D eigenvalue weighted by molar-refractivity contribution is 5.87. The molecule has 18 heavy (non-hydrogen) atoms. The first-order chi connectivity index (χ1) is 8.75. The Bertz CT molecular complexity index is 591. The van der Waals surface area contributed by atoms with E-state index in [1.165, 1.54) is 11.3 Å². The number of aromatic nitrogens is 2. The zero-order valence-corrected chi connectivity index (χ0v) is 9.76. The normalized spacial score (nSPS) is 13.7. The number of hydrogen-bond acceptors (Lipinski definition) is 3. The monoisotopic (exact) mass is 243 g/mol. The fourth-order valence-electron chi connectivity index (χ4n) is 2.39. The molecule has 1 aromatic carbocycles. The average Bonchev–Trinajstić information content (AvgIpc) is 2.97. The van der Waals surface area contributed by atoms with Crippen molar-refractivity contribution in [1.82, 2.24) is 10.2 Å². The summed E-state index contributed by atoms with van der Waals surface area (Å²) in [6, 6.07) is 8.22. The van der Waals surface area contributed by atoms with E-state index in [4.69, 9.17) is 5.11 Å². The first-order valence-electron chi connectivity index (χ1n) is 5.84. The molecule has 2 heterocycles. The highest BCUT2D eigenvalue weighted by atomic mass is 16.4. The number of aromatic carboxylic acids is 1. The van der Waals surface area contributed by atoms with Crippen molar-refractivity contribution >= 4 is 11.7 Å². The molecule has 1 aliphatic heterocycles. The van der Waals surface area contributed by atoms with Gasteiger partial charge in [0.1, 0.15) is 5.69 Å². The van der Waals surface area contributed by atoms with Crippen LogP contribution in [0.2, 0.25) is 0 Å². The van der Waals surface area contributed by atoms with E-state index < -0.39 is 5.97 Å². The molecule has 0 spiro atoms. The second kappa shape index (κ2) is 4.18. The van der Waals surface area contributed by atoms with Crippen LogP contribution in [0, 0.1) is 0 Å². The van der Waals surface area contributed by atoms with Crippen LogP contribution in [0.4, 0.5) is 5.69 Å². The number of nitrogens with zero attached hydrogens (tertiary/aromatic N) is 2. The molecule has 0 unspecified atom stereocenters. The van der Waals surface area contributed by atoms with Crippen molar-refractivity contribution in [3.05, 3.63) is 47.3 Å². The van der Waals surface area contributed by atoms with E-state index in [0.29, 0.717) is 6.54 Å². The molecule has 0 radical (unpaired) electrons. The van der Waals surface area contributed by atoms with Gasteiger partial charge < -0.3 is 10.0 Å². The van der Waals surface area contributed by atoms with Gasteiger partial charge in [-0.05, 0) is 18.1 Å². The lowest BCUT2D eigenvalue weighted by molar-refractivity contribution is 0.0689. The molecule has 0 bridgehead atoms. The average molecular weight is 243 g/mol. The second-order valence-electron chi connectivity index (χ2n) is 4.38. The minimum Gasteiger partial charge on any atom is -0.477 e. The van der Waals surface area contributed by atoms with Crippen molar-refractivity contribution in [2.24, 2.45) is 0 Å². The van der Waals surface area contributed by atoms with E-state index in [9.17, 15) is 4.79 Å². The highest BCUT2D eigenvalue weighted by Gasteiger charge is 2.21. The Morgan fingerprint density at radius 1 is 1.44 bits per heavy atom. The maximum Gasteiger partial charge on any atom is 0.354 e. The van der Waals surface area contributed by atoms with Crippen LogP contribution in [0.25, 0.3) is 0 Å². The lowest BCUT2D eigenvalue weighted by Crippen LogP contribution is -2.20. The van der Waals surface area contributed by atoms with E-state index >= 15 is 0 Å². The molecular formula is C13H13N3O2. The number of hydrogen-bond donors (Lipinski definition) is 2. The number of H-pyrrole nitrogens is 1.